The molecule has 3 aromatic rings. The van der Waals surface area contributed by atoms with Gasteiger partial charge >= 0.3 is 0 Å². The van der Waals surface area contributed by atoms with Crippen molar-refractivity contribution in [1.82, 2.24) is 0 Å². The number of carbonyl (C=O) groups is 2. The van der Waals surface area contributed by atoms with Crippen LogP contribution in [0, 0.1) is 0 Å². The summed E-state index contributed by atoms with van der Waals surface area (Å²) in [7, 11) is -4.40. The van der Waals surface area contributed by atoms with Gasteiger partial charge in [-0.1, -0.05) is 48.5 Å². The van der Waals surface area contributed by atoms with Gasteiger partial charge in [0, 0.05) is 11.3 Å². The molecule has 0 aromatic heterocycles. The highest BCUT2D eigenvalue weighted by molar-refractivity contribution is 7.85. The molecule has 0 spiro atoms. The second-order valence-corrected chi connectivity index (χ2v) is 8.29. The van der Waals surface area contributed by atoms with Crippen molar-refractivity contribution in [3.63, 3.8) is 0 Å². The number of nitrogens with one attached hydrogen (secondary N) is 2. The standard InChI is InChI=1S/C23H17N3O5S/c27-22-20(23(28)24-16-8-2-1-3-9-16)13-15-7-4-5-12-19(15)21(22)26-25-17-10-6-11-18(14-17)32(29,30)31/h1-14,25H,(H,24,28)(H,29,30,31)/b26-21-. The Morgan fingerprint density at radius 1 is 0.875 bits per heavy atom. The smallest absolute Gasteiger partial charge is 0.294 e. The Bertz CT molecular complexity index is 1380. The number of fused-ring (bicyclic) bond motifs is 1. The summed E-state index contributed by atoms with van der Waals surface area (Å²) < 4.78 is 31.9. The molecule has 0 radical (unpaired) electrons. The Kier molecular flexibility index (Phi) is 5.67. The second-order valence-electron chi connectivity index (χ2n) is 6.87. The van der Waals surface area contributed by atoms with Crippen LogP contribution in [0.1, 0.15) is 11.1 Å². The molecule has 4 rings (SSSR count). The van der Waals surface area contributed by atoms with Crippen molar-refractivity contribution < 1.29 is 22.6 Å². The molecule has 3 N–H and O–H groups in total. The number of amides is 1. The van der Waals surface area contributed by atoms with E-state index in [1.165, 1.54) is 30.3 Å². The summed E-state index contributed by atoms with van der Waals surface area (Å²) in [5.41, 5.74) is 4.50. The average molecular weight is 447 g/mol. The van der Waals surface area contributed by atoms with Gasteiger partial charge in [-0.3, -0.25) is 19.6 Å². The highest BCUT2D eigenvalue weighted by Gasteiger charge is 2.30. The van der Waals surface area contributed by atoms with Crippen molar-refractivity contribution in [3.05, 3.63) is 95.6 Å². The maximum absolute atomic E-state index is 13.1. The highest BCUT2D eigenvalue weighted by Crippen LogP contribution is 2.24. The first-order valence-electron chi connectivity index (χ1n) is 9.46. The van der Waals surface area contributed by atoms with Gasteiger partial charge in [0.05, 0.1) is 16.2 Å². The van der Waals surface area contributed by atoms with Gasteiger partial charge in [-0.15, -0.1) is 0 Å². The lowest BCUT2D eigenvalue weighted by molar-refractivity contribution is -0.116. The van der Waals surface area contributed by atoms with E-state index in [0.29, 0.717) is 16.8 Å². The number of carbonyl (C=O) groups excluding carboxylic acids is 2. The molecule has 0 saturated heterocycles. The molecule has 0 unspecified atom stereocenters. The number of rotatable bonds is 5. The van der Waals surface area contributed by atoms with Crippen LogP contribution in [0.3, 0.4) is 0 Å². The Balaban J connectivity index is 1.68. The minimum Gasteiger partial charge on any atom is -0.322 e. The fourth-order valence-electron chi connectivity index (χ4n) is 3.16. The normalized spacial score (nSPS) is 14.5. The lowest BCUT2D eigenvalue weighted by atomic mass is 9.89. The molecular formula is C23H17N3O5S. The summed E-state index contributed by atoms with van der Waals surface area (Å²) in [5.74, 6) is -1.16. The van der Waals surface area contributed by atoms with Crippen molar-refractivity contribution in [1.29, 1.82) is 0 Å². The van der Waals surface area contributed by atoms with Gasteiger partial charge in [0.1, 0.15) is 5.71 Å². The number of para-hydroxylation sites is 1. The van der Waals surface area contributed by atoms with Crippen molar-refractivity contribution in [2.24, 2.45) is 5.10 Å². The average Bonchev–Trinajstić information content (AvgIpc) is 2.78. The van der Waals surface area contributed by atoms with Crippen LogP contribution in [0.4, 0.5) is 11.4 Å². The Morgan fingerprint density at radius 2 is 1.56 bits per heavy atom. The highest BCUT2D eigenvalue weighted by atomic mass is 32.2. The van der Waals surface area contributed by atoms with Gasteiger partial charge in [-0.25, -0.2) is 0 Å². The van der Waals surface area contributed by atoms with Crippen molar-refractivity contribution in [2.75, 3.05) is 10.7 Å². The maximum atomic E-state index is 13.1. The number of Topliss-reactive ketones (excluding diaryl/α,β-unsaturated/α-hetero) is 1. The summed E-state index contributed by atoms with van der Waals surface area (Å²) in [5, 5.41) is 6.85. The predicted molar refractivity (Wildman–Crippen MR) is 121 cm³/mol. The molecule has 9 heteroatoms. The zero-order chi connectivity index (χ0) is 22.7. The van der Waals surface area contributed by atoms with Crippen LogP contribution in [-0.2, 0) is 19.7 Å². The van der Waals surface area contributed by atoms with E-state index in [0.717, 1.165) is 0 Å². The summed E-state index contributed by atoms with van der Waals surface area (Å²) >= 11 is 0. The fourth-order valence-corrected chi connectivity index (χ4v) is 3.68. The van der Waals surface area contributed by atoms with E-state index >= 15 is 0 Å². The van der Waals surface area contributed by atoms with Crippen LogP contribution in [0.25, 0.3) is 6.08 Å². The lowest BCUT2D eigenvalue weighted by Crippen LogP contribution is -2.30. The van der Waals surface area contributed by atoms with E-state index in [1.807, 2.05) is 6.07 Å². The molecule has 1 amide bonds. The van der Waals surface area contributed by atoms with E-state index in [1.54, 1.807) is 48.5 Å². The summed E-state index contributed by atoms with van der Waals surface area (Å²) in [4.78, 5) is 25.6. The molecule has 32 heavy (non-hydrogen) atoms. The molecule has 0 atom stereocenters. The largest absolute Gasteiger partial charge is 0.322 e. The molecule has 0 saturated carbocycles. The van der Waals surface area contributed by atoms with E-state index in [4.69, 9.17) is 0 Å². The predicted octanol–water partition coefficient (Wildman–Crippen LogP) is 3.35. The number of hydrogen-bond donors (Lipinski definition) is 3. The topological polar surface area (TPSA) is 125 Å². The molecule has 3 aromatic carbocycles. The van der Waals surface area contributed by atoms with Crippen LogP contribution < -0.4 is 10.7 Å². The number of nitrogens with zero attached hydrogens (tertiary/aromatic N) is 1. The van der Waals surface area contributed by atoms with Crippen LogP contribution >= 0.6 is 0 Å². The molecule has 1 aliphatic rings. The van der Waals surface area contributed by atoms with Crippen molar-refractivity contribution >= 4 is 45.0 Å². The third-order valence-electron chi connectivity index (χ3n) is 4.68. The number of benzene rings is 3. The minimum absolute atomic E-state index is 0.00132. The molecule has 1 aliphatic carbocycles. The SMILES string of the molecule is O=C(Nc1ccccc1)C1=Cc2ccccc2/C(=N/Nc2cccc(S(=O)(=O)O)c2)C1=O. The van der Waals surface area contributed by atoms with Gasteiger partial charge in [0.15, 0.2) is 0 Å². The summed E-state index contributed by atoms with van der Waals surface area (Å²) in [6.45, 7) is 0. The monoisotopic (exact) mass is 447 g/mol. The Labute approximate surface area is 184 Å². The first kappa shape index (κ1) is 21.2. The van der Waals surface area contributed by atoms with E-state index in [9.17, 15) is 22.6 Å². The molecule has 0 fully saturated rings. The van der Waals surface area contributed by atoms with Crippen LogP contribution in [-0.4, -0.2) is 30.4 Å². The van der Waals surface area contributed by atoms with E-state index in [2.05, 4.69) is 15.8 Å². The number of hydrogen-bond acceptors (Lipinski definition) is 6. The van der Waals surface area contributed by atoms with Crippen LogP contribution in [0.2, 0.25) is 0 Å². The minimum atomic E-state index is -4.40. The summed E-state index contributed by atoms with van der Waals surface area (Å²) in [6, 6.07) is 21.1. The number of ketones is 1. The van der Waals surface area contributed by atoms with Gasteiger partial charge in [-0.05, 0) is 42.0 Å². The first-order valence-corrected chi connectivity index (χ1v) is 10.9. The Hall–Kier alpha value is -4.08. The van der Waals surface area contributed by atoms with E-state index in [-0.39, 0.29) is 21.9 Å². The zero-order valence-electron chi connectivity index (χ0n) is 16.5. The first-order chi connectivity index (χ1) is 15.3. The van der Waals surface area contributed by atoms with Crippen molar-refractivity contribution in [2.45, 2.75) is 4.90 Å². The molecule has 0 bridgehead atoms. The maximum Gasteiger partial charge on any atom is 0.294 e. The number of anilines is 2. The second kappa shape index (κ2) is 8.58. The molecule has 160 valence electrons. The van der Waals surface area contributed by atoms with Crippen molar-refractivity contribution in [3.8, 4) is 0 Å². The molecule has 0 heterocycles. The zero-order valence-corrected chi connectivity index (χ0v) is 17.3. The quantitative estimate of drug-likeness (QED) is 0.313. The number of hydrazone groups is 1. The van der Waals surface area contributed by atoms with Crippen LogP contribution in [0.5, 0.6) is 0 Å². The third kappa shape index (κ3) is 4.48. The lowest BCUT2D eigenvalue weighted by Gasteiger charge is -2.17. The van der Waals surface area contributed by atoms with E-state index < -0.39 is 21.8 Å². The van der Waals surface area contributed by atoms with Crippen LogP contribution in [0.15, 0.2) is 94.4 Å². The molecular weight excluding hydrogens is 430 g/mol. The third-order valence-corrected chi connectivity index (χ3v) is 5.53. The fraction of sp³-hybridized carbons (Fsp3) is 0. The molecule has 8 nitrogen and oxygen atoms in total. The summed E-state index contributed by atoms with van der Waals surface area (Å²) in [6.07, 6.45) is 1.51. The van der Waals surface area contributed by atoms with Gasteiger partial charge in [-0.2, -0.15) is 13.5 Å². The van der Waals surface area contributed by atoms with Gasteiger partial charge in [0.25, 0.3) is 16.0 Å². The van der Waals surface area contributed by atoms with Gasteiger partial charge in [0.2, 0.25) is 5.78 Å². The van der Waals surface area contributed by atoms with Gasteiger partial charge < -0.3 is 5.32 Å². The molecule has 0 aliphatic heterocycles. The Morgan fingerprint density at radius 3 is 2.31 bits per heavy atom.